The summed E-state index contributed by atoms with van der Waals surface area (Å²) in [6.07, 6.45) is 0.917. The van der Waals surface area contributed by atoms with Gasteiger partial charge >= 0.3 is 0 Å². The maximum absolute atomic E-state index is 12.7. The minimum Gasteiger partial charge on any atom is -0.355 e. The number of carbonyl (C=O) groups is 2. The van der Waals surface area contributed by atoms with Crippen LogP contribution in [0.15, 0.2) is 39.0 Å². The van der Waals surface area contributed by atoms with Crippen molar-refractivity contribution in [2.45, 2.75) is 41.9 Å². The number of rotatable bonds is 10. The van der Waals surface area contributed by atoms with Gasteiger partial charge in [0, 0.05) is 18.3 Å². The third-order valence-corrected chi connectivity index (χ3v) is 6.60. The predicted octanol–water partition coefficient (Wildman–Crippen LogP) is 3.69. The summed E-state index contributed by atoms with van der Waals surface area (Å²) < 4.78 is 1.47. The monoisotopic (exact) mass is 424 g/mol. The van der Waals surface area contributed by atoms with Crippen LogP contribution in [0.2, 0.25) is 0 Å². The van der Waals surface area contributed by atoms with E-state index in [1.807, 2.05) is 51.1 Å². The topological polar surface area (TPSA) is 75.2 Å². The van der Waals surface area contributed by atoms with E-state index in [1.165, 1.54) is 34.9 Å². The van der Waals surface area contributed by atoms with Crippen LogP contribution in [0.5, 0.6) is 0 Å². The van der Waals surface area contributed by atoms with Crippen LogP contribution in [0.4, 0.5) is 5.69 Å². The molecule has 0 aliphatic carbocycles. The van der Waals surface area contributed by atoms with Gasteiger partial charge in [-0.25, -0.2) is 0 Å². The number of nitrogens with zero attached hydrogens (tertiary/aromatic N) is 3. The largest absolute Gasteiger partial charge is 0.355 e. The Morgan fingerprint density at radius 2 is 1.74 bits per heavy atom. The van der Waals surface area contributed by atoms with Crippen molar-refractivity contribution < 1.29 is 9.59 Å². The lowest BCUT2D eigenvalue weighted by Gasteiger charge is -2.26. The molecule has 27 heavy (non-hydrogen) atoms. The first kappa shape index (κ1) is 21.7. The molecule has 0 aliphatic rings. The molecule has 2 rings (SSSR count). The molecule has 0 fully saturated rings. The van der Waals surface area contributed by atoms with E-state index < -0.39 is 0 Å². The molecule has 0 unspecified atom stereocenters. The lowest BCUT2D eigenvalue weighted by Crippen LogP contribution is -2.38. The van der Waals surface area contributed by atoms with Crippen molar-refractivity contribution >= 4 is 52.4 Å². The summed E-state index contributed by atoms with van der Waals surface area (Å²) in [7, 11) is 0. The molecule has 0 saturated heterocycles. The van der Waals surface area contributed by atoms with Crippen LogP contribution in [-0.4, -0.2) is 46.1 Å². The second kappa shape index (κ2) is 11.3. The maximum atomic E-state index is 12.7. The quantitative estimate of drug-likeness (QED) is 0.586. The second-order valence-corrected chi connectivity index (χ2v) is 9.38. The van der Waals surface area contributed by atoms with Crippen LogP contribution < -0.4 is 10.2 Å². The molecule has 0 bridgehead atoms. The Morgan fingerprint density at radius 3 is 2.33 bits per heavy atom. The summed E-state index contributed by atoms with van der Waals surface area (Å²) in [5.41, 5.74) is 0.893. The van der Waals surface area contributed by atoms with Gasteiger partial charge in [0.25, 0.3) is 0 Å². The Morgan fingerprint density at radius 1 is 1.11 bits per heavy atom. The van der Waals surface area contributed by atoms with Gasteiger partial charge in [0.15, 0.2) is 8.68 Å². The molecule has 2 aromatic rings. The second-order valence-electron chi connectivity index (χ2n) is 5.95. The van der Waals surface area contributed by atoms with Crippen molar-refractivity contribution in [3.8, 4) is 0 Å². The first-order chi connectivity index (χ1) is 13.0. The number of anilines is 1. The van der Waals surface area contributed by atoms with E-state index in [-0.39, 0.29) is 17.9 Å². The Bertz CT molecular complexity index is 737. The van der Waals surface area contributed by atoms with Crippen molar-refractivity contribution in [1.29, 1.82) is 0 Å². The first-order valence-electron chi connectivity index (χ1n) is 8.74. The minimum absolute atomic E-state index is 0.00290. The number of aromatic nitrogens is 2. The highest BCUT2D eigenvalue weighted by molar-refractivity contribution is 8.03. The zero-order chi connectivity index (χ0) is 19.6. The molecule has 9 heteroatoms. The zero-order valence-electron chi connectivity index (χ0n) is 15.7. The van der Waals surface area contributed by atoms with Gasteiger partial charge in [0.2, 0.25) is 11.8 Å². The number of carbonyl (C=O) groups excluding carboxylic acids is 2. The van der Waals surface area contributed by atoms with Gasteiger partial charge in [-0.1, -0.05) is 60.0 Å². The Balaban J connectivity index is 1.86. The molecular weight excluding hydrogens is 400 g/mol. The number of para-hydroxylation sites is 1. The molecule has 0 saturated carbocycles. The van der Waals surface area contributed by atoms with E-state index in [0.717, 1.165) is 20.8 Å². The van der Waals surface area contributed by atoms with Crippen molar-refractivity contribution in [2.75, 3.05) is 23.0 Å². The molecule has 6 nitrogen and oxygen atoms in total. The molecule has 1 N–H and O–H groups in total. The van der Waals surface area contributed by atoms with Gasteiger partial charge in [-0.3, -0.25) is 9.59 Å². The average Bonchev–Trinajstić information content (AvgIpc) is 3.11. The average molecular weight is 425 g/mol. The summed E-state index contributed by atoms with van der Waals surface area (Å²) in [4.78, 5) is 26.1. The molecule has 1 aromatic carbocycles. The summed E-state index contributed by atoms with van der Waals surface area (Å²) in [6.45, 7) is 6.70. The standard InChI is InChI=1S/C18H24N4O2S3/c1-4-10-19-15(23)11-25-17-20-21-18(27-17)26-12-16(24)22(13(2)3)14-8-6-5-7-9-14/h5-9,13H,4,10-12H2,1-3H3,(H,19,23). The Kier molecular flexibility index (Phi) is 9.09. The molecule has 0 atom stereocenters. The van der Waals surface area contributed by atoms with E-state index in [1.54, 1.807) is 4.90 Å². The molecule has 0 spiro atoms. The Hall–Kier alpha value is -1.58. The fourth-order valence-electron chi connectivity index (χ4n) is 2.27. The minimum atomic E-state index is -0.00290. The molecular formula is C18H24N4O2S3. The number of nitrogens with one attached hydrogen (secondary N) is 1. The Labute approximate surface area is 172 Å². The van der Waals surface area contributed by atoms with Crippen molar-refractivity contribution in [2.24, 2.45) is 0 Å². The van der Waals surface area contributed by atoms with Crippen molar-refractivity contribution in [1.82, 2.24) is 15.5 Å². The van der Waals surface area contributed by atoms with E-state index in [0.29, 0.717) is 18.1 Å². The van der Waals surface area contributed by atoms with Crippen LogP contribution in [0, 0.1) is 0 Å². The normalized spacial score (nSPS) is 10.8. The van der Waals surface area contributed by atoms with Crippen LogP contribution in [0.3, 0.4) is 0 Å². The van der Waals surface area contributed by atoms with E-state index in [4.69, 9.17) is 0 Å². The fourth-order valence-corrected chi connectivity index (χ4v) is 4.98. The number of thioether (sulfide) groups is 2. The third kappa shape index (κ3) is 7.15. The number of amides is 2. The SMILES string of the molecule is CCCNC(=O)CSc1nnc(SCC(=O)N(c2ccccc2)C(C)C)s1. The number of hydrogen-bond donors (Lipinski definition) is 1. The van der Waals surface area contributed by atoms with Gasteiger partial charge in [0.05, 0.1) is 11.5 Å². The molecule has 146 valence electrons. The summed E-state index contributed by atoms with van der Waals surface area (Å²) in [5.74, 6) is 0.651. The highest BCUT2D eigenvalue weighted by Gasteiger charge is 2.19. The van der Waals surface area contributed by atoms with Gasteiger partial charge in [0.1, 0.15) is 0 Å². The van der Waals surface area contributed by atoms with Crippen LogP contribution in [0.25, 0.3) is 0 Å². The van der Waals surface area contributed by atoms with Crippen molar-refractivity contribution in [3.63, 3.8) is 0 Å². The van der Waals surface area contributed by atoms with Gasteiger partial charge in [-0.05, 0) is 32.4 Å². The molecule has 1 heterocycles. The van der Waals surface area contributed by atoms with Crippen molar-refractivity contribution in [3.05, 3.63) is 30.3 Å². The van der Waals surface area contributed by atoms with Crippen LogP contribution in [0.1, 0.15) is 27.2 Å². The third-order valence-electron chi connectivity index (χ3n) is 3.43. The summed E-state index contributed by atoms with van der Waals surface area (Å²) in [5, 5.41) is 11.0. The maximum Gasteiger partial charge on any atom is 0.237 e. The van der Waals surface area contributed by atoms with Crippen LogP contribution in [-0.2, 0) is 9.59 Å². The zero-order valence-corrected chi connectivity index (χ0v) is 18.1. The first-order valence-corrected chi connectivity index (χ1v) is 11.5. The molecule has 1 aromatic heterocycles. The highest BCUT2D eigenvalue weighted by Crippen LogP contribution is 2.29. The molecule has 0 aliphatic heterocycles. The van der Waals surface area contributed by atoms with Gasteiger partial charge in [-0.2, -0.15) is 0 Å². The summed E-state index contributed by atoms with van der Waals surface area (Å²) in [6, 6.07) is 9.73. The molecule has 0 radical (unpaired) electrons. The number of benzene rings is 1. The van der Waals surface area contributed by atoms with E-state index in [2.05, 4.69) is 15.5 Å². The highest BCUT2D eigenvalue weighted by atomic mass is 32.2. The van der Waals surface area contributed by atoms with Gasteiger partial charge < -0.3 is 10.2 Å². The fraction of sp³-hybridized carbons (Fsp3) is 0.444. The summed E-state index contributed by atoms with van der Waals surface area (Å²) >= 11 is 4.15. The smallest absolute Gasteiger partial charge is 0.237 e. The van der Waals surface area contributed by atoms with E-state index in [9.17, 15) is 9.59 Å². The molecule has 2 amide bonds. The van der Waals surface area contributed by atoms with E-state index >= 15 is 0 Å². The predicted molar refractivity (Wildman–Crippen MR) is 114 cm³/mol. The lowest BCUT2D eigenvalue weighted by atomic mass is 10.2. The van der Waals surface area contributed by atoms with Crippen LogP contribution >= 0.6 is 34.9 Å². The number of hydrogen-bond acceptors (Lipinski definition) is 7. The lowest BCUT2D eigenvalue weighted by molar-refractivity contribution is -0.118. The van der Waals surface area contributed by atoms with Gasteiger partial charge in [-0.15, -0.1) is 10.2 Å².